The Morgan fingerprint density at radius 3 is 2.73 bits per heavy atom. The van der Waals surface area contributed by atoms with Crippen LogP contribution in [-0.4, -0.2) is 67.3 Å². The maximum absolute atomic E-state index is 11.9. The molecule has 1 aromatic heterocycles. The zero-order valence-corrected chi connectivity index (χ0v) is 13.8. The van der Waals surface area contributed by atoms with Gasteiger partial charge in [0.2, 0.25) is 0 Å². The second kappa shape index (κ2) is 6.88. The highest BCUT2D eigenvalue weighted by Crippen LogP contribution is 2.37. The van der Waals surface area contributed by atoms with E-state index in [9.17, 15) is 19.6 Å². The Bertz CT molecular complexity index is 591. The van der Waals surface area contributed by atoms with Crippen LogP contribution in [0.25, 0.3) is 0 Å². The Balaban J connectivity index is 1.97. The maximum Gasteiger partial charge on any atom is 0.469 e. The second-order valence-corrected chi connectivity index (χ2v) is 6.83. The first-order chi connectivity index (χ1) is 10.2. The van der Waals surface area contributed by atoms with Gasteiger partial charge in [0.15, 0.2) is 6.23 Å². The smallest absolute Gasteiger partial charge is 0.387 e. The molecule has 0 aliphatic carbocycles. The highest BCUT2D eigenvalue weighted by Gasteiger charge is 2.44. The summed E-state index contributed by atoms with van der Waals surface area (Å²) in [6.45, 7) is -0.642. The molecule has 4 atom stereocenters. The molecule has 1 fully saturated rings. The molecule has 0 spiro atoms. The number of nitrogens with zero attached hydrogens (tertiary/aromatic N) is 1. The number of phosphoric acid groups is 1. The quantitative estimate of drug-likeness (QED) is 0.226. The summed E-state index contributed by atoms with van der Waals surface area (Å²) in [5.74, 6) is -0.616. The van der Waals surface area contributed by atoms with Crippen molar-refractivity contribution in [2.45, 2.75) is 24.5 Å². The highest BCUT2D eigenvalue weighted by molar-refractivity contribution is 14.1. The van der Waals surface area contributed by atoms with E-state index in [1.165, 1.54) is 6.20 Å². The van der Waals surface area contributed by atoms with Gasteiger partial charge >= 0.3 is 7.82 Å². The average molecular weight is 449 g/mol. The first-order valence-corrected chi connectivity index (χ1v) is 8.51. The van der Waals surface area contributed by atoms with E-state index in [0.717, 1.165) is 0 Å². The molecular formula is C9H13IN3O8P. The zero-order valence-electron chi connectivity index (χ0n) is 10.8. The topological polar surface area (TPSA) is 174 Å². The van der Waals surface area contributed by atoms with E-state index in [4.69, 9.17) is 14.5 Å². The third-order valence-corrected chi connectivity index (χ3v) is 4.17. The third-order valence-electron chi connectivity index (χ3n) is 2.86. The number of aromatic nitrogens is 2. The van der Waals surface area contributed by atoms with Gasteiger partial charge in [-0.05, 0) is 22.6 Å². The first kappa shape index (κ1) is 17.7. The molecule has 1 aliphatic rings. The van der Waals surface area contributed by atoms with Crippen molar-refractivity contribution in [1.29, 1.82) is 0 Å². The van der Waals surface area contributed by atoms with Crippen molar-refractivity contribution >= 4 is 36.3 Å². The van der Waals surface area contributed by atoms with Gasteiger partial charge in [-0.15, -0.1) is 0 Å². The van der Waals surface area contributed by atoms with Crippen LogP contribution in [0.4, 0.5) is 0 Å². The largest absolute Gasteiger partial charge is 0.469 e. The molecule has 13 heteroatoms. The average Bonchev–Trinajstić information content (AvgIpc) is 2.95. The van der Waals surface area contributed by atoms with Crippen LogP contribution in [-0.2, 0) is 13.8 Å². The van der Waals surface area contributed by atoms with Gasteiger partial charge in [0.1, 0.15) is 24.0 Å². The predicted molar refractivity (Wildman–Crippen MR) is 77.4 cm³/mol. The van der Waals surface area contributed by atoms with Crippen molar-refractivity contribution in [1.82, 2.24) is 15.5 Å². The summed E-state index contributed by atoms with van der Waals surface area (Å²) >= 11 is 1.88. The molecular weight excluding hydrogens is 436 g/mol. The van der Waals surface area contributed by atoms with Crippen molar-refractivity contribution in [3.8, 4) is 0 Å². The number of aromatic amines is 1. The standard InChI is InChI=1S/C9H13IN3O8P/c10-3-1-11-13-5(3)8(16)12-9-7(15)6(14)4(21-9)2-20-22(17,18)19/h1,4,6-7,9,14-15H,2H2,(H,11,13)(H,12,16)(H2,17,18,19)/t4-,6-,7-,9-/m1/s1. The molecule has 6 N–H and O–H groups in total. The third kappa shape index (κ3) is 4.23. The lowest BCUT2D eigenvalue weighted by atomic mass is 10.1. The summed E-state index contributed by atoms with van der Waals surface area (Å²) in [4.78, 5) is 29.2. The van der Waals surface area contributed by atoms with Crippen LogP contribution in [0.2, 0.25) is 0 Å². The molecule has 1 saturated heterocycles. The van der Waals surface area contributed by atoms with E-state index in [-0.39, 0.29) is 5.69 Å². The SMILES string of the molecule is O=C(N[C@@H]1O[C@H](COP(=O)(O)O)[C@@H](O)[C@H]1O)c1[nH]ncc1I. The molecule has 11 nitrogen and oxygen atoms in total. The number of rotatable bonds is 5. The number of halogens is 1. The molecule has 0 unspecified atom stereocenters. The van der Waals surface area contributed by atoms with E-state index in [2.05, 4.69) is 20.0 Å². The monoisotopic (exact) mass is 449 g/mol. The summed E-state index contributed by atoms with van der Waals surface area (Å²) in [5, 5.41) is 28.0. The fraction of sp³-hybridized carbons (Fsp3) is 0.556. The Hall–Kier alpha value is -0.600. The summed E-state index contributed by atoms with van der Waals surface area (Å²) < 4.78 is 20.5. The molecule has 2 heterocycles. The fourth-order valence-electron chi connectivity index (χ4n) is 1.81. The summed E-state index contributed by atoms with van der Waals surface area (Å²) in [6.07, 6.45) is -3.99. The number of nitrogens with one attached hydrogen (secondary N) is 2. The predicted octanol–water partition coefficient (Wildman–Crippen LogP) is -1.70. The Labute approximate surface area is 137 Å². The van der Waals surface area contributed by atoms with Crippen LogP contribution in [0.5, 0.6) is 0 Å². The van der Waals surface area contributed by atoms with Gasteiger partial charge in [-0.2, -0.15) is 5.10 Å². The lowest BCUT2D eigenvalue weighted by molar-refractivity contribution is -0.0300. The fourth-order valence-corrected chi connectivity index (χ4v) is 2.65. The van der Waals surface area contributed by atoms with E-state index in [1.54, 1.807) is 0 Å². The van der Waals surface area contributed by atoms with Crippen molar-refractivity contribution in [3.63, 3.8) is 0 Å². The second-order valence-electron chi connectivity index (χ2n) is 4.43. The van der Waals surface area contributed by atoms with Gasteiger partial charge in [0, 0.05) is 0 Å². The minimum Gasteiger partial charge on any atom is -0.387 e. The zero-order chi connectivity index (χ0) is 16.5. The lowest BCUT2D eigenvalue weighted by Crippen LogP contribution is -2.44. The molecule has 22 heavy (non-hydrogen) atoms. The number of amides is 1. The maximum atomic E-state index is 11.9. The number of hydrogen-bond acceptors (Lipinski definition) is 7. The number of hydrogen-bond donors (Lipinski definition) is 6. The minimum absolute atomic E-state index is 0.154. The molecule has 1 amide bonds. The van der Waals surface area contributed by atoms with Crippen molar-refractivity contribution in [2.75, 3.05) is 6.61 Å². The Morgan fingerprint density at radius 1 is 1.50 bits per heavy atom. The van der Waals surface area contributed by atoms with Gasteiger partial charge in [0.25, 0.3) is 5.91 Å². The van der Waals surface area contributed by atoms with Crippen molar-refractivity contribution in [3.05, 3.63) is 15.5 Å². The van der Waals surface area contributed by atoms with E-state index >= 15 is 0 Å². The molecule has 2 rings (SSSR count). The number of ether oxygens (including phenoxy) is 1. The Morgan fingerprint density at radius 2 is 2.18 bits per heavy atom. The van der Waals surface area contributed by atoms with Gasteiger partial charge in [0.05, 0.1) is 16.4 Å². The van der Waals surface area contributed by atoms with Crippen LogP contribution in [0.15, 0.2) is 6.20 Å². The van der Waals surface area contributed by atoms with Gasteiger partial charge in [-0.25, -0.2) is 4.57 Å². The summed E-state index contributed by atoms with van der Waals surface area (Å²) in [6, 6.07) is 0. The van der Waals surface area contributed by atoms with E-state index in [1.807, 2.05) is 22.6 Å². The minimum atomic E-state index is -4.73. The molecule has 1 aliphatic heterocycles. The van der Waals surface area contributed by atoms with E-state index < -0.39 is 44.9 Å². The molecule has 0 saturated carbocycles. The summed E-state index contributed by atoms with van der Waals surface area (Å²) in [7, 11) is -4.73. The summed E-state index contributed by atoms with van der Waals surface area (Å²) in [5.41, 5.74) is 0.154. The number of H-pyrrole nitrogens is 1. The van der Waals surface area contributed by atoms with Crippen molar-refractivity contribution in [2.24, 2.45) is 0 Å². The van der Waals surface area contributed by atoms with Crippen LogP contribution in [0, 0.1) is 3.57 Å². The van der Waals surface area contributed by atoms with Gasteiger partial charge in [-0.3, -0.25) is 14.4 Å². The van der Waals surface area contributed by atoms with Crippen LogP contribution >= 0.6 is 30.4 Å². The number of carbonyl (C=O) groups is 1. The van der Waals surface area contributed by atoms with Crippen LogP contribution < -0.4 is 5.32 Å². The number of carbonyl (C=O) groups excluding carboxylic acids is 1. The van der Waals surface area contributed by atoms with Crippen LogP contribution in [0.1, 0.15) is 10.5 Å². The Kier molecular flexibility index (Phi) is 5.55. The highest BCUT2D eigenvalue weighted by atomic mass is 127. The molecule has 0 radical (unpaired) electrons. The number of aliphatic hydroxyl groups is 2. The first-order valence-electron chi connectivity index (χ1n) is 5.90. The van der Waals surface area contributed by atoms with Gasteiger partial charge in [-0.1, -0.05) is 0 Å². The molecule has 0 aromatic carbocycles. The molecule has 124 valence electrons. The lowest BCUT2D eigenvalue weighted by Gasteiger charge is -2.16. The number of aliphatic hydroxyl groups excluding tert-OH is 2. The molecule has 1 aromatic rings. The van der Waals surface area contributed by atoms with Gasteiger partial charge < -0.3 is 30.1 Å². The normalized spacial score (nSPS) is 28.8. The molecule has 0 bridgehead atoms. The van der Waals surface area contributed by atoms with E-state index in [0.29, 0.717) is 3.57 Å². The number of phosphoric ester groups is 1. The van der Waals surface area contributed by atoms with Crippen LogP contribution in [0.3, 0.4) is 0 Å². The van der Waals surface area contributed by atoms with Crippen molar-refractivity contribution < 1.29 is 38.6 Å².